The number of ether oxygens (including phenoxy) is 1. The molecule has 0 heterocycles. The van der Waals surface area contributed by atoms with E-state index in [0.717, 1.165) is 15.8 Å². The van der Waals surface area contributed by atoms with E-state index in [-0.39, 0.29) is 5.91 Å². The third-order valence-corrected chi connectivity index (χ3v) is 2.47. The molecule has 0 aliphatic carbocycles. The molecular weight excluding hydrogens is 258 g/mol. The van der Waals surface area contributed by atoms with E-state index in [4.69, 9.17) is 4.74 Å². The average molecular weight is 270 g/mol. The lowest BCUT2D eigenvalue weighted by molar-refractivity contribution is -0.115. The smallest absolute Gasteiger partial charge is 0.243 e. The van der Waals surface area contributed by atoms with Gasteiger partial charge in [-0.1, -0.05) is 6.07 Å². The molecule has 0 aromatic heterocycles. The van der Waals surface area contributed by atoms with Gasteiger partial charge in [0.2, 0.25) is 5.91 Å². The van der Waals surface area contributed by atoms with Crippen molar-refractivity contribution in [3.05, 3.63) is 34.3 Å². The van der Waals surface area contributed by atoms with Gasteiger partial charge in [-0.15, -0.1) is 0 Å². The van der Waals surface area contributed by atoms with Crippen LogP contribution in [0, 0.1) is 0 Å². The minimum Gasteiger partial charge on any atom is -0.496 e. The van der Waals surface area contributed by atoms with Gasteiger partial charge in [0.15, 0.2) is 0 Å². The first-order valence-electron chi connectivity index (χ1n) is 4.40. The molecule has 80 valence electrons. The molecule has 1 aromatic rings. The molecule has 15 heavy (non-hydrogen) atoms. The normalized spacial score (nSPS) is 10.3. The first-order valence-corrected chi connectivity index (χ1v) is 5.20. The number of nitrogens with one attached hydrogen (secondary N) is 1. The van der Waals surface area contributed by atoms with E-state index in [9.17, 15) is 4.79 Å². The Morgan fingerprint density at radius 3 is 2.80 bits per heavy atom. The van der Waals surface area contributed by atoms with E-state index < -0.39 is 0 Å². The summed E-state index contributed by atoms with van der Waals surface area (Å²) in [7, 11) is 3.21. The molecule has 0 bridgehead atoms. The lowest BCUT2D eigenvalue weighted by atomic mass is 10.2. The van der Waals surface area contributed by atoms with Crippen molar-refractivity contribution in [3.8, 4) is 5.75 Å². The maximum Gasteiger partial charge on any atom is 0.243 e. The van der Waals surface area contributed by atoms with E-state index >= 15 is 0 Å². The maximum atomic E-state index is 11.0. The van der Waals surface area contributed by atoms with Gasteiger partial charge in [0.05, 0.1) is 11.6 Å². The molecule has 0 unspecified atom stereocenters. The minimum absolute atomic E-state index is 0.123. The van der Waals surface area contributed by atoms with Crippen molar-refractivity contribution in [2.45, 2.75) is 0 Å². The van der Waals surface area contributed by atoms with Crippen molar-refractivity contribution in [2.24, 2.45) is 0 Å². The fourth-order valence-electron chi connectivity index (χ4n) is 1.04. The summed E-state index contributed by atoms with van der Waals surface area (Å²) < 4.78 is 5.96. The molecule has 0 radical (unpaired) electrons. The molecule has 0 aliphatic heterocycles. The number of likely N-dealkylation sites (N-methyl/N-ethyl adjacent to an activating group) is 1. The van der Waals surface area contributed by atoms with Crippen LogP contribution in [0.2, 0.25) is 0 Å². The lowest BCUT2D eigenvalue weighted by Crippen LogP contribution is -2.13. The summed E-state index contributed by atoms with van der Waals surface area (Å²) in [6.07, 6.45) is 3.22. The molecule has 0 saturated carbocycles. The molecule has 3 nitrogen and oxygen atoms in total. The third kappa shape index (κ3) is 3.40. The van der Waals surface area contributed by atoms with Gasteiger partial charge in [-0.2, -0.15) is 0 Å². The summed E-state index contributed by atoms with van der Waals surface area (Å²) in [5, 5.41) is 2.51. The SMILES string of the molecule is CNC(=O)C=Cc1ccc(OC)c(Br)c1. The number of hydrogen-bond acceptors (Lipinski definition) is 2. The van der Waals surface area contributed by atoms with E-state index in [1.165, 1.54) is 6.08 Å². The van der Waals surface area contributed by atoms with Gasteiger partial charge in [0, 0.05) is 13.1 Å². The predicted octanol–water partition coefficient (Wildman–Crippen LogP) is 2.22. The number of halogens is 1. The topological polar surface area (TPSA) is 38.3 Å². The minimum atomic E-state index is -0.123. The Labute approximate surface area is 97.3 Å². The number of carbonyl (C=O) groups excluding carboxylic acids is 1. The van der Waals surface area contributed by atoms with Crippen LogP contribution in [-0.4, -0.2) is 20.1 Å². The highest BCUT2D eigenvalue weighted by atomic mass is 79.9. The second-order valence-electron chi connectivity index (χ2n) is 2.84. The summed E-state index contributed by atoms with van der Waals surface area (Å²) >= 11 is 3.37. The highest BCUT2D eigenvalue weighted by molar-refractivity contribution is 9.10. The van der Waals surface area contributed by atoms with Gasteiger partial charge in [0.1, 0.15) is 5.75 Å². The summed E-state index contributed by atoms with van der Waals surface area (Å²) in [6, 6.07) is 5.61. The highest BCUT2D eigenvalue weighted by Gasteiger charge is 1.99. The fourth-order valence-corrected chi connectivity index (χ4v) is 1.60. The third-order valence-electron chi connectivity index (χ3n) is 1.85. The zero-order chi connectivity index (χ0) is 11.3. The number of rotatable bonds is 3. The number of methoxy groups -OCH3 is 1. The van der Waals surface area contributed by atoms with Gasteiger partial charge in [-0.3, -0.25) is 4.79 Å². The quantitative estimate of drug-likeness (QED) is 0.855. The maximum absolute atomic E-state index is 11.0. The number of carbonyl (C=O) groups is 1. The van der Waals surface area contributed by atoms with Gasteiger partial charge < -0.3 is 10.1 Å². The van der Waals surface area contributed by atoms with Crippen LogP contribution in [0.3, 0.4) is 0 Å². The molecule has 0 saturated heterocycles. The van der Waals surface area contributed by atoms with Gasteiger partial charge in [0.25, 0.3) is 0 Å². The van der Waals surface area contributed by atoms with Crippen LogP contribution in [0.15, 0.2) is 28.7 Å². The summed E-state index contributed by atoms with van der Waals surface area (Å²) in [4.78, 5) is 11.0. The van der Waals surface area contributed by atoms with Gasteiger partial charge >= 0.3 is 0 Å². The predicted molar refractivity (Wildman–Crippen MR) is 63.8 cm³/mol. The van der Waals surface area contributed by atoms with E-state index in [2.05, 4.69) is 21.2 Å². The monoisotopic (exact) mass is 269 g/mol. The molecule has 1 aromatic carbocycles. The van der Waals surface area contributed by atoms with E-state index in [1.807, 2.05) is 18.2 Å². The van der Waals surface area contributed by atoms with Crippen LogP contribution in [0.25, 0.3) is 6.08 Å². The lowest BCUT2D eigenvalue weighted by Gasteiger charge is -2.03. The standard InChI is InChI=1S/C11H12BrNO2/c1-13-11(14)6-4-8-3-5-10(15-2)9(12)7-8/h3-7H,1-2H3,(H,13,14). The average Bonchev–Trinajstić information content (AvgIpc) is 2.26. The largest absolute Gasteiger partial charge is 0.496 e. The molecule has 4 heteroatoms. The molecule has 1 rings (SSSR count). The summed E-state index contributed by atoms with van der Waals surface area (Å²) in [5.41, 5.74) is 0.936. The number of benzene rings is 1. The second kappa shape index (κ2) is 5.56. The van der Waals surface area contributed by atoms with Crippen LogP contribution in [0.5, 0.6) is 5.75 Å². The van der Waals surface area contributed by atoms with Crippen molar-refractivity contribution in [2.75, 3.05) is 14.2 Å². The molecule has 0 aliphatic rings. The second-order valence-corrected chi connectivity index (χ2v) is 3.70. The van der Waals surface area contributed by atoms with Gasteiger partial charge in [-0.25, -0.2) is 0 Å². The Balaban J connectivity index is 2.84. The van der Waals surface area contributed by atoms with Gasteiger partial charge in [-0.05, 0) is 39.7 Å². The Kier molecular flexibility index (Phi) is 4.37. The highest BCUT2D eigenvalue weighted by Crippen LogP contribution is 2.25. The Hall–Kier alpha value is -1.29. The number of hydrogen-bond donors (Lipinski definition) is 1. The van der Waals surface area contributed by atoms with E-state index in [0.29, 0.717) is 0 Å². The molecule has 1 N–H and O–H groups in total. The van der Waals surface area contributed by atoms with Crippen molar-refractivity contribution in [1.29, 1.82) is 0 Å². The Morgan fingerprint density at radius 1 is 1.53 bits per heavy atom. The van der Waals surface area contributed by atoms with Crippen molar-refractivity contribution in [3.63, 3.8) is 0 Å². The molecule has 0 atom stereocenters. The van der Waals surface area contributed by atoms with Crippen molar-refractivity contribution in [1.82, 2.24) is 5.32 Å². The molecule has 1 amide bonds. The molecular formula is C11H12BrNO2. The Morgan fingerprint density at radius 2 is 2.27 bits per heavy atom. The first kappa shape index (κ1) is 11.8. The zero-order valence-corrected chi connectivity index (χ0v) is 10.2. The van der Waals surface area contributed by atoms with Crippen LogP contribution >= 0.6 is 15.9 Å². The zero-order valence-electron chi connectivity index (χ0n) is 8.58. The van der Waals surface area contributed by atoms with Crippen LogP contribution in [-0.2, 0) is 4.79 Å². The summed E-state index contributed by atoms with van der Waals surface area (Å²) in [6.45, 7) is 0. The van der Waals surface area contributed by atoms with Crippen LogP contribution in [0.1, 0.15) is 5.56 Å². The van der Waals surface area contributed by atoms with Crippen molar-refractivity contribution < 1.29 is 9.53 Å². The first-order chi connectivity index (χ1) is 7.17. The fraction of sp³-hybridized carbons (Fsp3) is 0.182. The molecule has 0 spiro atoms. The summed E-state index contributed by atoms with van der Waals surface area (Å²) in [5.74, 6) is 0.647. The van der Waals surface area contributed by atoms with Crippen LogP contribution < -0.4 is 10.1 Å². The Bertz CT molecular complexity index is 388. The molecule has 0 fully saturated rings. The van der Waals surface area contributed by atoms with E-state index in [1.54, 1.807) is 20.2 Å². The van der Waals surface area contributed by atoms with Crippen LogP contribution in [0.4, 0.5) is 0 Å². The number of amides is 1. The van der Waals surface area contributed by atoms with Crippen molar-refractivity contribution >= 4 is 27.9 Å².